The third-order valence-corrected chi connectivity index (χ3v) is 2.07. The average Bonchev–Trinajstić information content (AvgIpc) is 2.07. The van der Waals surface area contributed by atoms with Crippen LogP contribution in [0.25, 0.3) is 0 Å². The van der Waals surface area contributed by atoms with Crippen molar-refractivity contribution in [3.8, 4) is 0 Å². The van der Waals surface area contributed by atoms with Crippen LogP contribution in [0.2, 0.25) is 5.02 Å². The van der Waals surface area contributed by atoms with Crippen molar-refractivity contribution >= 4 is 17.9 Å². The molecule has 1 rings (SSSR count). The fourth-order valence-electron chi connectivity index (χ4n) is 1.12. The van der Waals surface area contributed by atoms with Gasteiger partial charge in [0.15, 0.2) is 0 Å². The number of hydrogen-bond donors (Lipinski definition) is 0. The van der Waals surface area contributed by atoms with Gasteiger partial charge in [0.2, 0.25) is 0 Å². The van der Waals surface area contributed by atoms with Crippen LogP contribution in [-0.2, 0) is 17.4 Å². The van der Waals surface area contributed by atoms with Crippen molar-refractivity contribution in [3.63, 3.8) is 0 Å². The first-order chi connectivity index (χ1) is 6.46. The lowest BCUT2D eigenvalue weighted by atomic mass is 10.0. The summed E-state index contributed by atoms with van der Waals surface area (Å²) in [4.78, 5) is 10.2. The molecule has 1 nitrogen and oxygen atoms in total. The standard InChI is InChI=1S/C9H6ClF3O/c10-8-3-1-2-7(9(11,12)13)6(8)4-5-14/h1-3,5H,4H2. The monoisotopic (exact) mass is 222 g/mol. The van der Waals surface area contributed by atoms with Gasteiger partial charge in [-0.3, -0.25) is 0 Å². The van der Waals surface area contributed by atoms with Gasteiger partial charge in [-0.25, -0.2) is 0 Å². The van der Waals surface area contributed by atoms with Crippen LogP contribution in [-0.4, -0.2) is 6.29 Å². The van der Waals surface area contributed by atoms with E-state index in [0.717, 1.165) is 6.07 Å². The first-order valence-electron chi connectivity index (χ1n) is 3.75. The highest BCUT2D eigenvalue weighted by atomic mass is 35.5. The first kappa shape index (κ1) is 11.0. The number of alkyl halides is 3. The molecule has 0 heterocycles. The molecule has 1 aromatic rings. The van der Waals surface area contributed by atoms with E-state index in [2.05, 4.69) is 0 Å². The molecule has 1 aromatic carbocycles. The van der Waals surface area contributed by atoms with Gasteiger partial charge in [-0.2, -0.15) is 13.2 Å². The highest BCUT2D eigenvalue weighted by Gasteiger charge is 2.33. The highest BCUT2D eigenvalue weighted by Crippen LogP contribution is 2.34. The van der Waals surface area contributed by atoms with E-state index in [1.807, 2.05) is 0 Å². The second-order valence-corrected chi connectivity index (χ2v) is 3.04. The van der Waals surface area contributed by atoms with Gasteiger partial charge in [-0.1, -0.05) is 17.7 Å². The fourth-order valence-corrected chi connectivity index (χ4v) is 1.37. The largest absolute Gasteiger partial charge is 0.416 e. The Hall–Kier alpha value is -1.03. The molecular weight excluding hydrogens is 217 g/mol. The van der Waals surface area contributed by atoms with Crippen LogP contribution in [0.15, 0.2) is 18.2 Å². The molecule has 0 aliphatic carbocycles. The van der Waals surface area contributed by atoms with E-state index in [1.54, 1.807) is 0 Å². The summed E-state index contributed by atoms with van der Waals surface area (Å²) in [5.74, 6) is 0. The van der Waals surface area contributed by atoms with Crippen LogP contribution in [0.5, 0.6) is 0 Å². The number of benzene rings is 1. The van der Waals surface area contributed by atoms with Crippen LogP contribution in [0.3, 0.4) is 0 Å². The Bertz CT molecular complexity index is 346. The van der Waals surface area contributed by atoms with E-state index in [0.29, 0.717) is 6.29 Å². The van der Waals surface area contributed by atoms with Crippen LogP contribution in [0.1, 0.15) is 11.1 Å². The minimum Gasteiger partial charge on any atom is -0.303 e. The molecule has 0 saturated carbocycles. The molecule has 0 aliphatic heterocycles. The van der Waals surface area contributed by atoms with Gasteiger partial charge < -0.3 is 4.79 Å². The van der Waals surface area contributed by atoms with E-state index < -0.39 is 11.7 Å². The van der Waals surface area contributed by atoms with Gasteiger partial charge in [0, 0.05) is 11.4 Å². The number of halogens is 4. The molecule has 5 heteroatoms. The fraction of sp³-hybridized carbons (Fsp3) is 0.222. The summed E-state index contributed by atoms with van der Waals surface area (Å²) in [6.07, 6.45) is -4.39. The van der Waals surface area contributed by atoms with E-state index in [1.165, 1.54) is 12.1 Å². The second kappa shape index (κ2) is 4.00. The van der Waals surface area contributed by atoms with Crippen molar-refractivity contribution in [3.05, 3.63) is 34.3 Å². The van der Waals surface area contributed by atoms with E-state index >= 15 is 0 Å². The summed E-state index contributed by atoms with van der Waals surface area (Å²) in [6, 6.07) is 3.44. The third kappa shape index (κ3) is 2.26. The summed E-state index contributed by atoms with van der Waals surface area (Å²) in [5.41, 5.74) is -1.02. The number of carbonyl (C=O) groups is 1. The Balaban J connectivity index is 3.28. The van der Waals surface area contributed by atoms with Crippen LogP contribution in [0, 0.1) is 0 Å². The van der Waals surface area contributed by atoms with Gasteiger partial charge in [-0.05, 0) is 17.7 Å². The zero-order chi connectivity index (χ0) is 10.8. The van der Waals surface area contributed by atoms with Crippen molar-refractivity contribution in [1.29, 1.82) is 0 Å². The summed E-state index contributed by atoms with van der Waals surface area (Å²) < 4.78 is 37.1. The number of hydrogen-bond acceptors (Lipinski definition) is 1. The predicted octanol–water partition coefficient (Wildman–Crippen LogP) is 3.10. The predicted molar refractivity (Wildman–Crippen MR) is 46.2 cm³/mol. The minimum absolute atomic E-state index is 0.0353. The van der Waals surface area contributed by atoms with Gasteiger partial charge in [0.1, 0.15) is 6.29 Å². The van der Waals surface area contributed by atoms with Gasteiger partial charge in [-0.15, -0.1) is 0 Å². The molecule has 0 atom stereocenters. The second-order valence-electron chi connectivity index (χ2n) is 2.63. The van der Waals surface area contributed by atoms with E-state index in [-0.39, 0.29) is 17.0 Å². The maximum absolute atomic E-state index is 12.4. The highest BCUT2D eigenvalue weighted by molar-refractivity contribution is 6.31. The SMILES string of the molecule is O=CCc1c(Cl)cccc1C(F)(F)F. The number of aldehydes is 1. The molecule has 0 amide bonds. The van der Waals surface area contributed by atoms with Crippen molar-refractivity contribution in [1.82, 2.24) is 0 Å². The Morgan fingerprint density at radius 1 is 1.36 bits per heavy atom. The maximum Gasteiger partial charge on any atom is 0.416 e. The molecule has 0 N–H and O–H groups in total. The lowest BCUT2D eigenvalue weighted by Crippen LogP contribution is -2.09. The zero-order valence-electron chi connectivity index (χ0n) is 6.94. The maximum atomic E-state index is 12.4. The van der Waals surface area contributed by atoms with Crippen molar-refractivity contribution in [2.75, 3.05) is 0 Å². The van der Waals surface area contributed by atoms with Crippen LogP contribution < -0.4 is 0 Å². The number of rotatable bonds is 2. The van der Waals surface area contributed by atoms with Crippen molar-refractivity contribution < 1.29 is 18.0 Å². The van der Waals surface area contributed by atoms with E-state index in [9.17, 15) is 18.0 Å². The lowest BCUT2D eigenvalue weighted by Gasteiger charge is -2.11. The molecule has 0 spiro atoms. The smallest absolute Gasteiger partial charge is 0.303 e. The molecular formula is C9H6ClF3O. The first-order valence-corrected chi connectivity index (χ1v) is 4.13. The third-order valence-electron chi connectivity index (χ3n) is 1.71. The average molecular weight is 223 g/mol. The van der Waals surface area contributed by atoms with Gasteiger partial charge in [0.05, 0.1) is 5.56 Å². The summed E-state index contributed by atoms with van der Waals surface area (Å²) >= 11 is 5.56. The molecule has 0 aromatic heterocycles. The molecule has 0 aliphatic rings. The zero-order valence-corrected chi connectivity index (χ0v) is 7.69. The van der Waals surface area contributed by atoms with Crippen LogP contribution >= 0.6 is 11.6 Å². The van der Waals surface area contributed by atoms with Gasteiger partial charge in [0.25, 0.3) is 0 Å². The van der Waals surface area contributed by atoms with Crippen molar-refractivity contribution in [2.45, 2.75) is 12.6 Å². The molecule has 0 radical (unpaired) electrons. The molecule has 0 unspecified atom stereocenters. The molecule has 76 valence electrons. The normalized spacial score (nSPS) is 11.4. The Morgan fingerprint density at radius 3 is 2.50 bits per heavy atom. The summed E-state index contributed by atoms with van der Waals surface area (Å²) in [6.45, 7) is 0. The molecule has 0 bridgehead atoms. The number of carbonyl (C=O) groups excluding carboxylic acids is 1. The van der Waals surface area contributed by atoms with Crippen molar-refractivity contribution in [2.24, 2.45) is 0 Å². The van der Waals surface area contributed by atoms with Gasteiger partial charge >= 0.3 is 6.18 Å². The lowest BCUT2D eigenvalue weighted by molar-refractivity contribution is -0.138. The quantitative estimate of drug-likeness (QED) is 0.703. The Labute approximate surface area is 83.5 Å². The molecule has 0 fully saturated rings. The summed E-state index contributed by atoms with van der Waals surface area (Å²) in [7, 11) is 0. The molecule has 14 heavy (non-hydrogen) atoms. The summed E-state index contributed by atoms with van der Waals surface area (Å²) in [5, 5.41) is -0.0353. The Kier molecular flexibility index (Phi) is 3.16. The van der Waals surface area contributed by atoms with Crippen LogP contribution in [0.4, 0.5) is 13.2 Å². The Morgan fingerprint density at radius 2 is 2.00 bits per heavy atom. The topological polar surface area (TPSA) is 17.1 Å². The van der Waals surface area contributed by atoms with E-state index in [4.69, 9.17) is 11.6 Å². The molecule has 0 saturated heterocycles. The minimum atomic E-state index is -4.47.